The number of carbonyl (C=O) groups excluding carboxylic acids is 1. The molecule has 0 aromatic heterocycles. The van der Waals surface area contributed by atoms with Crippen molar-refractivity contribution in [3.8, 4) is 6.07 Å². The van der Waals surface area contributed by atoms with Crippen LogP contribution in [0, 0.1) is 17.1 Å². The third-order valence-corrected chi connectivity index (χ3v) is 3.21. The van der Waals surface area contributed by atoms with E-state index >= 15 is 0 Å². The third kappa shape index (κ3) is 3.48. The zero-order valence-corrected chi connectivity index (χ0v) is 12.0. The Balaban J connectivity index is 2.19. The fourth-order valence-electron chi connectivity index (χ4n) is 2.13. The van der Waals surface area contributed by atoms with Crippen LogP contribution in [0.4, 0.5) is 4.39 Å². The lowest BCUT2D eigenvalue weighted by atomic mass is 10.1. The molecule has 112 valence electrons. The highest BCUT2D eigenvalue weighted by Gasteiger charge is 2.24. The Hall–Kier alpha value is -2.71. The maximum atomic E-state index is 13.7. The molecule has 2 unspecified atom stereocenters. The molecule has 5 heteroatoms. The molecular weight excluding hydrogens is 283 g/mol. The summed E-state index contributed by atoms with van der Waals surface area (Å²) >= 11 is 0. The summed E-state index contributed by atoms with van der Waals surface area (Å²) in [6.45, 7) is 0. The molecule has 0 radical (unpaired) electrons. The summed E-state index contributed by atoms with van der Waals surface area (Å²) in [5, 5.41) is 11.7. The molecule has 0 aliphatic rings. The molecular formula is C17H15FN2O2. The van der Waals surface area contributed by atoms with Crippen LogP contribution in [0.3, 0.4) is 0 Å². The van der Waals surface area contributed by atoms with Gasteiger partial charge in [-0.05, 0) is 11.6 Å². The van der Waals surface area contributed by atoms with Gasteiger partial charge in [0.1, 0.15) is 11.9 Å². The van der Waals surface area contributed by atoms with Crippen LogP contribution >= 0.6 is 0 Å². The molecule has 2 aromatic carbocycles. The average molecular weight is 298 g/mol. The Labute approximate surface area is 128 Å². The Kier molecular flexibility index (Phi) is 5.23. The number of hydrogen-bond donors (Lipinski definition) is 1. The number of nitrogens with zero attached hydrogens (tertiary/aromatic N) is 1. The van der Waals surface area contributed by atoms with Crippen molar-refractivity contribution >= 4 is 5.91 Å². The molecule has 0 aliphatic heterocycles. The second kappa shape index (κ2) is 7.34. The average Bonchev–Trinajstić information content (AvgIpc) is 2.55. The number of rotatable bonds is 5. The molecule has 0 aliphatic carbocycles. The van der Waals surface area contributed by atoms with Crippen LogP contribution in [-0.4, -0.2) is 13.0 Å². The van der Waals surface area contributed by atoms with E-state index in [0.717, 1.165) is 0 Å². The predicted molar refractivity (Wildman–Crippen MR) is 79.1 cm³/mol. The minimum Gasteiger partial charge on any atom is -0.367 e. The summed E-state index contributed by atoms with van der Waals surface area (Å²) < 4.78 is 18.9. The topological polar surface area (TPSA) is 62.1 Å². The van der Waals surface area contributed by atoms with E-state index in [0.29, 0.717) is 5.56 Å². The standard InChI is InChI=1S/C17H15FN2O2/c1-22-16(12-7-3-2-4-8-12)17(21)20-15(11-19)13-9-5-6-10-14(13)18/h2-10,15-16H,1H3,(H,20,21). The second-order valence-electron chi connectivity index (χ2n) is 4.62. The van der Waals surface area contributed by atoms with E-state index in [2.05, 4.69) is 5.32 Å². The van der Waals surface area contributed by atoms with Crippen LogP contribution < -0.4 is 5.32 Å². The number of nitrogens with one attached hydrogen (secondary N) is 1. The lowest BCUT2D eigenvalue weighted by molar-refractivity contribution is -0.131. The van der Waals surface area contributed by atoms with Crippen molar-refractivity contribution in [2.75, 3.05) is 7.11 Å². The summed E-state index contributed by atoms with van der Waals surface area (Å²) in [5.74, 6) is -1.04. The maximum absolute atomic E-state index is 13.7. The van der Waals surface area contributed by atoms with Crippen LogP contribution in [0.5, 0.6) is 0 Å². The van der Waals surface area contributed by atoms with E-state index in [1.807, 2.05) is 12.1 Å². The van der Waals surface area contributed by atoms with E-state index in [1.165, 1.54) is 25.3 Å². The number of carbonyl (C=O) groups is 1. The predicted octanol–water partition coefficient (Wildman–Crippen LogP) is 2.89. The highest BCUT2D eigenvalue weighted by atomic mass is 19.1. The largest absolute Gasteiger partial charge is 0.367 e. The molecule has 2 aromatic rings. The molecule has 2 atom stereocenters. The number of hydrogen-bond acceptors (Lipinski definition) is 3. The quantitative estimate of drug-likeness (QED) is 0.923. The van der Waals surface area contributed by atoms with Gasteiger partial charge in [0.15, 0.2) is 6.10 Å². The third-order valence-electron chi connectivity index (χ3n) is 3.21. The minimum absolute atomic E-state index is 0.126. The number of benzene rings is 2. The normalized spacial score (nSPS) is 13.0. The summed E-state index contributed by atoms with van der Waals surface area (Å²) in [6.07, 6.45) is -0.858. The van der Waals surface area contributed by atoms with Crippen LogP contribution in [-0.2, 0) is 9.53 Å². The van der Waals surface area contributed by atoms with Crippen LogP contribution in [0.25, 0.3) is 0 Å². The Morgan fingerprint density at radius 2 is 1.82 bits per heavy atom. The minimum atomic E-state index is -1.07. The number of halogens is 1. The first kappa shape index (κ1) is 15.7. The summed E-state index contributed by atoms with van der Waals surface area (Å²) in [4.78, 5) is 12.3. The van der Waals surface area contributed by atoms with Gasteiger partial charge < -0.3 is 10.1 Å². The number of ether oxygens (including phenoxy) is 1. The SMILES string of the molecule is COC(C(=O)NC(C#N)c1ccccc1F)c1ccccc1. The van der Waals surface area contributed by atoms with E-state index in [9.17, 15) is 14.4 Å². The molecule has 0 fully saturated rings. The van der Waals surface area contributed by atoms with Crippen molar-refractivity contribution in [2.45, 2.75) is 12.1 Å². The van der Waals surface area contributed by atoms with Crippen LogP contribution in [0.15, 0.2) is 54.6 Å². The van der Waals surface area contributed by atoms with Crippen LogP contribution in [0.2, 0.25) is 0 Å². The van der Waals surface area contributed by atoms with Crippen molar-refractivity contribution in [1.29, 1.82) is 5.26 Å². The van der Waals surface area contributed by atoms with Gasteiger partial charge in [0.05, 0.1) is 6.07 Å². The molecule has 4 nitrogen and oxygen atoms in total. The van der Waals surface area contributed by atoms with Crippen molar-refractivity contribution in [3.05, 3.63) is 71.5 Å². The molecule has 22 heavy (non-hydrogen) atoms. The molecule has 1 N–H and O–H groups in total. The van der Waals surface area contributed by atoms with Gasteiger partial charge in [-0.1, -0.05) is 48.5 Å². The summed E-state index contributed by atoms with van der Waals surface area (Å²) in [5.41, 5.74) is 0.786. The van der Waals surface area contributed by atoms with E-state index < -0.39 is 23.9 Å². The van der Waals surface area contributed by atoms with Gasteiger partial charge in [0.2, 0.25) is 0 Å². The van der Waals surface area contributed by atoms with Gasteiger partial charge in [-0.2, -0.15) is 5.26 Å². The van der Waals surface area contributed by atoms with E-state index in [-0.39, 0.29) is 5.56 Å². The lowest BCUT2D eigenvalue weighted by Crippen LogP contribution is -2.33. The molecule has 2 rings (SSSR count). The zero-order chi connectivity index (χ0) is 15.9. The summed E-state index contributed by atoms with van der Waals surface area (Å²) in [7, 11) is 1.40. The van der Waals surface area contributed by atoms with Gasteiger partial charge in [-0.15, -0.1) is 0 Å². The Bertz CT molecular complexity index is 683. The van der Waals surface area contributed by atoms with E-state index in [4.69, 9.17) is 4.74 Å². The van der Waals surface area contributed by atoms with Crippen LogP contribution in [0.1, 0.15) is 23.3 Å². The van der Waals surface area contributed by atoms with Crippen molar-refractivity contribution in [1.82, 2.24) is 5.32 Å². The van der Waals surface area contributed by atoms with Gasteiger partial charge in [-0.25, -0.2) is 4.39 Å². The molecule has 0 saturated heterocycles. The maximum Gasteiger partial charge on any atom is 0.255 e. The Morgan fingerprint density at radius 3 is 2.41 bits per heavy atom. The number of nitriles is 1. The summed E-state index contributed by atoms with van der Waals surface area (Å²) in [6, 6.07) is 15.6. The highest BCUT2D eigenvalue weighted by Crippen LogP contribution is 2.20. The fraction of sp³-hybridized carbons (Fsp3) is 0.176. The highest BCUT2D eigenvalue weighted by molar-refractivity contribution is 5.83. The number of methoxy groups -OCH3 is 1. The molecule has 1 amide bonds. The Morgan fingerprint density at radius 1 is 1.18 bits per heavy atom. The van der Waals surface area contributed by atoms with Gasteiger partial charge in [-0.3, -0.25) is 4.79 Å². The first-order chi connectivity index (χ1) is 10.7. The van der Waals surface area contributed by atoms with Gasteiger partial charge in [0.25, 0.3) is 5.91 Å². The second-order valence-corrected chi connectivity index (χ2v) is 4.62. The molecule has 0 spiro atoms. The first-order valence-electron chi connectivity index (χ1n) is 6.69. The molecule has 0 bridgehead atoms. The monoisotopic (exact) mass is 298 g/mol. The van der Waals surface area contributed by atoms with Crippen molar-refractivity contribution < 1.29 is 13.9 Å². The van der Waals surface area contributed by atoms with Crippen molar-refractivity contribution in [2.24, 2.45) is 0 Å². The molecule has 0 heterocycles. The molecule has 0 saturated carbocycles. The first-order valence-corrected chi connectivity index (χ1v) is 6.69. The van der Waals surface area contributed by atoms with Gasteiger partial charge >= 0.3 is 0 Å². The van der Waals surface area contributed by atoms with Crippen molar-refractivity contribution in [3.63, 3.8) is 0 Å². The zero-order valence-electron chi connectivity index (χ0n) is 12.0. The number of amides is 1. The van der Waals surface area contributed by atoms with Gasteiger partial charge in [0, 0.05) is 12.7 Å². The lowest BCUT2D eigenvalue weighted by Gasteiger charge is -2.18. The smallest absolute Gasteiger partial charge is 0.255 e. The fourth-order valence-corrected chi connectivity index (χ4v) is 2.13. The van der Waals surface area contributed by atoms with E-state index in [1.54, 1.807) is 30.3 Å².